The minimum Gasteiger partial charge on any atom is -0.477 e. The van der Waals surface area contributed by atoms with Gasteiger partial charge < -0.3 is 9.47 Å². The fourth-order valence-corrected chi connectivity index (χ4v) is 1.92. The number of rotatable bonds is 0. The van der Waals surface area contributed by atoms with Gasteiger partial charge >= 0.3 is 0 Å². The molecule has 2 aliphatic heterocycles. The molecule has 0 aromatic carbocycles. The van der Waals surface area contributed by atoms with E-state index in [4.69, 9.17) is 9.47 Å². The fourth-order valence-electron chi connectivity index (χ4n) is 1.92. The van der Waals surface area contributed by atoms with E-state index in [2.05, 4.69) is 5.10 Å². The fraction of sp³-hybridized carbons (Fsp3) is 0.667. The number of aryl methyl sites for hydroxylation is 1. The summed E-state index contributed by atoms with van der Waals surface area (Å²) >= 11 is 0. The van der Waals surface area contributed by atoms with Gasteiger partial charge in [0.1, 0.15) is 6.61 Å². The van der Waals surface area contributed by atoms with Crippen LogP contribution < -0.4 is 4.74 Å². The van der Waals surface area contributed by atoms with Crippen LogP contribution in [0.5, 0.6) is 5.88 Å². The van der Waals surface area contributed by atoms with E-state index in [9.17, 15) is 0 Å². The Morgan fingerprint density at radius 3 is 3.00 bits per heavy atom. The first-order valence-electron chi connectivity index (χ1n) is 4.52. The number of aromatic nitrogens is 2. The molecule has 13 heavy (non-hydrogen) atoms. The summed E-state index contributed by atoms with van der Waals surface area (Å²) in [5.41, 5.74) is 1.33. The molecule has 4 heteroatoms. The lowest BCUT2D eigenvalue weighted by molar-refractivity contribution is -0.154. The molecule has 2 aliphatic rings. The van der Waals surface area contributed by atoms with Crippen molar-refractivity contribution in [3.8, 4) is 5.88 Å². The predicted octanol–water partition coefficient (Wildman–Crippen LogP) is 0.601. The molecule has 0 N–H and O–H groups in total. The Morgan fingerprint density at radius 1 is 1.46 bits per heavy atom. The number of nitrogens with zero attached hydrogens (tertiary/aromatic N) is 2. The molecule has 0 radical (unpaired) electrons. The Labute approximate surface area is 76.4 Å². The van der Waals surface area contributed by atoms with E-state index in [0.29, 0.717) is 0 Å². The van der Waals surface area contributed by atoms with Gasteiger partial charge in [0, 0.05) is 5.56 Å². The second-order valence-corrected chi connectivity index (χ2v) is 4.07. The van der Waals surface area contributed by atoms with E-state index >= 15 is 0 Å². The average Bonchev–Trinajstić information content (AvgIpc) is 2.45. The second-order valence-electron chi connectivity index (χ2n) is 4.07. The first kappa shape index (κ1) is 7.38. The van der Waals surface area contributed by atoms with Crippen molar-refractivity contribution in [2.24, 2.45) is 5.41 Å². The highest BCUT2D eigenvalue weighted by atomic mass is 16.5. The summed E-state index contributed by atoms with van der Waals surface area (Å²) in [6, 6.07) is 0. The van der Waals surface area contributed by atoms with Crippen LogP contribution in [0.2, 0.25) is 0 Å². The highest BCUT2D eigenvalue weighted by Gasteiger charge is 2.43. The summed E-state index contributed by atoms with van der Waals surface area (Å²) in [7, 11) is 0. The molecule has 0 aliphatic carbocycles. The zero-order valence-corrected chi connectivity index (χ0v) is 7.62. The molecule has 0 bridgehead atoms. The van der Waals surface area contributed by atoms with Crippen molar-refractivity contribution in [3.05, 3.63) is 11.8 Å². The van der Waals surface area contributed by atoms with Gasteiger partial charge in [-0.05, 0) is 6.92 Å². The quantitative estimate of drug-likeness (QED) is 0.586. The van der Waals surface area contributed by atoms with Crippen molar-refractivity contribution in [2.45, 2.75) is 13.5 Å². The van der Waals surface area contributed by atoms with Crippen LogP contribution in [0.1, 0.15) is 5.56 Å². The van der Waals surface area contributed by atoms with Crippen LogP contribution in [0.3, 0.4) is 0 Å². The molecule has 1 fully saturated rings. The van der Waals surface area contributed by atoms with Crippen LogP contribution in [0.15, 0.2) is 6.20 Å². The molecule has 70 valence electrons. The van der Waals surface area contributed by atoms with Gasteiger partial charge in [-0.2, -0.15) is 5.10 Å². The van der Waals surface area contributed by atoms with Crippen LogP contribution in [0.4, 0.5) is 0 Å². The van der Waals surface area contributed by atoms with Crippen LogP contribution in [0.25, 0.3) is 0 Å². The molecule has 4 nitrogen and oxygen atoms in total. The summed E-state index contributed by atoms with van der Waals surface area (Å²) < 4.78 is 12.8. The standard InChI is InChI=1S/C9H12N2O2/c1-7-2-10-11-3-9(4-12-5-9)6-13-8(7)11/h2H,3-6H2,1H3. The molecule has 0 saturated carbocycles. The Bertz CT molecular complexity index is 341. The number of hydrogen-bond donors (Lipinski definition) is 0. The lowest BCUT2D eigenvalue weighted by Crippen LogP contribution is -2.52. The molecule has 1 aromatic rings. The summed E-state index contributed by atoms with van der Waals surface area (Å²) in [4.78, 5) is 0. The van der Waals surface area contributed by atoms with E-state index in [1.165, 1.54) is 0 Å². The maximum absolute atomic E-state index is 5.67. The molecule has 1 spiro atoms. The van der Waals surface area contributed by atoms with E-state index < -0.39 is 0 Å². The van der Waals surface area contributed by atoms with Crippen LogP contribution >= 0.6 is 0 Å². The summed E-state index contributed by atoms with van der Waals surface area (Å²) in [6.45, 7) is 5.36. The van der Waals surface area contributed by atoms with E-state index in [1.807, 2.05) is 17.8 Å². The molecule has 1 aromatic heterocycles. The van der Waals surface area contributed by atoms with E-state index in [0.717, 1.165) is 37.8 Å². The predicted molar refractivity (Wildman–Crippen MR) is 45.7 cm³/mol. The van der Waals surface area contributed by atoms with Crippen molar-refractivity contribution < 1.29 is 9.47 Å². The van der Waals surface area contributed by atoms with Crippen molar-refractivity contribution >= 4 is 0 Å². The van der Waals surface area contributed by atoms with Crippen molar-refractivity contribution in [2.75, 3.05) is 19.8 Å². The average molecular weight is 180 g/mol. The maximum atomic E-state index is 5.67. The Kier molecular flexibility index (Phi) is 1.28. The maximum Gasteiger partial charge on any atom is 0.214 e. The Morgan fingerprint density at radius 2 is 2.31 bits per heavy atom. The Balaban J connectivity index is 1.95. The molecule has 3 rings (SSSR count). The van der Waals surface area contributed by atoms with E-state index in [1.54, 1.807) is 0 Å². The van der Waals surface area contributed by atoms with Crippen molar-refractivity contribution in [1.29, 1.82) is 0 Å². The highest BCUT2D eigenvalue weighted by Crippen LogP contribution is 2.36. The molecule has 3 heterocycles. The lowest BCUT2D eigenvalue weighted by atomic mass is 9.86. The third-order valence-corrected chi connectivity index (χ3v) is 2.78. The van der Waals surface area contributed by atoms with Gasteiger partial charge in [0.2, 0.25) is 5.88 Å². The van der Waals surface area contributed by atoms with Gasteiger partial charge in [0.25, 0.3) is 0 Å². The topological polar surface area (TPSA) is 36.3 Å². The molecule has 0 atom stereocenters. The SMILES string of the molecule is Cc1cnn2c1OCC1(COC1)C2. The second kappa shape index (κ2) is 2.26. The molecular formula is C9H12N2O2. The summed E-state index contributed by atoms with van der Waals surface area (Å²) in [5.74, 6) is 0.928. The molecular weight excluding hydrogens is 168 g/mol. The van der Waals surface area contributed by atoms with E-state index in [-0.39, 0.29) is 5.41 Å². The molecule has 0 unspecified atom stereocenters. The van der Waals surface area contributed by atoms with Crippen LogP contribution in [-0.4, -0.2) is 29.6 Å². The highest BCUT2D eigenvalue weighted by molar-refractivity contribution is 5.24. The number of fused-ring (bicyclic) bond motifs is 1. The van der Waals surface area contributed by atoms with Gasteiger partial charge in [0.05, 0.1) is 31.4 Å². The first-order chi connectivity index (χ1) is 6.29. The van der Waals surface area contributed by atoms with Gasteiger partial charge in [-0.25, -0.2) is 4.68 Å². The largest absolute Gasteiger partial charge is 0.477 e. The van der Waals surface area contributed by atoms with Crippen molar-refractivity contribution in [3.63, 3.8) is 0 Å². The van der Waals surface area contributed by atoms with Crippen LogP contribution in [-0.2, 0) is 11.3 Å². The number of hydrogen-bond acceptors (Lipinski definition) is 3. The van der Waals surface area contributed by atoms with Gasteiger partial charge in [-0.15, -0.1) is 0 Å². The third-order valence-electron chi connectivity index (χ3n) is 2.78. The molecule has 0 amide bonds. The summed E-state index contributed by atoms with van der Waals surface area (Å²) in [6.07, 6.45) is 1.86. The normalized spacial score (nSPS) is 23.5. The van der Waals surface area contributed by atoms with Gasteiger partial charge in [-0.1, -0.05) is 0 Å². The lowest BCUT2D eigenvalue weighted by Gasteiger charge is -2.43. The minimum atomic E-state index is 0.214. The zero-order chi connectivity index (χ0) is 8.89. The van der Waals surface area contributed by atoms with Crippen molar-refractivity contribution in [1.82, 2.24) is 9.78 Å². The van der Waals surface area contributed by atoms with Gasteiger partial charge in [0.15, 0.2) is 0 Å². The number of ether oxygens (including phenoxy) is 2. The molecule has 1 saturated heterocycles. The summed E-state index contributed by atoms with van der Waals surface area (Å²) in [5, 5.41) is 4.27. The van der Waals surface area contributed by atoms with Crippen LogP contribution in [0, 0.1) is 12.3 Å². The smallest absolute Gasteiger partial charge is 0.214 e. The minimum absolute atomic E-state index is 0.214. The monoisotopic (exact) mass is 180 g/mol. The Hall–Kier alpha value is -1.03. The third kappa shape index (κ3) is 0.920. The first-order valence-corrected chi connectivity index (χ1v) is 4.52. The van der Waals surface area contributed by atoms with Gasteiger partial charge in [-0.3, -0.25) is 0 Å². The zero-order valence-electron chi connectivity index (χ0n) is 7.62.